The lowest BCUT2D eigenvalue weighted by Gasteiger charge is -2.10. The first-order valence-electron chi connectivity index (χ1n) is 9.29. The molecule has 33 heavy (non-hydrogen) atoms. The Morgan fingerprint density at radius 2 is 1.73 bits per heavy atom. The summed E-state index contributed by atoms with van der Waals surface area (Å²) in [7, 11) is 0. The number of aliphatic carboxylic acids is 1. The van der Waals surface area contributed by atoms with Crippen LogP contribution in [-0.2, 0) is 16.0 Å². The van der Waals surface area contributed by atoms with E-state index in [1.165, 1.54) is 13.0 Å². The molecule has 1 amide bonds. The molecule has 0 aliphatic heterocycles. The second-order valence-electron chi connectivity index (χ2n) is 6.92. The minimum atomic E-state index is -4.91. The summed E-state index contributed by atoms with van der Waals surface area (Å²) in [4.78, 5) is 35.9. The van der Waals surface area contributed by atoms with Crippen molar-refractivity contribution in [3.05, 3.63) is 59.0 Å². The second-order valence-corrected chi connectivity index (χ2v) is 6.92. The van der Waals surface area contributed by atoms with Gasteiger partial charge in [0.2, 0.25) is 5.91 Å². The summed E-state index contributed by atoms with van der Waals surface area (Å²) < 4.78 is 56.7. The molecule has 0 unspecified atom stereocenters. The van der Waals surface area contributed by atoms with Gasteiger partial charge in [0.25, 0.3) is 5.91 Å². The number of nitrogens with one attached hydrogen (secondary N) is 1. The van der Waals surface area contributed by atoms with Crippen molar-refractivity contribution in [1.29, 1.82) is 0 Å². The smallest absolute Gasteiger partial charge is 0.505 e. The van der Waals surface area contributed by atoms with Gasteiger partial charge in [0.1, 0.15) is 12.3 Å². The molecule has 0 aliphatic rings. The highest BCUT2D eigenvalue weighted by Crippen LogP contribution is 2.34. The minimum absolute atomic E-state index is 0.00412. The molecule has 0 radical (unpaired) electrons. The second kappa shape index (κ2) is 8.81. The Hall–Kier alpha value is -4.09. The number of carboxylic acid groups (broad SMARTS) is 1. The van der Waals surface area contributed by atoms with E-state index in [-0.39, 0.29) is 27.7 Å². The third-order valence-electron chi connectivity index (χ3n) is 4.73. The number of hydrogen-bond acceptors (Lipinski definition) is 5. The fourth-order valence-electron chi connectivity index (χ4n) is 3.33. The highest BCUT2D eigenvalue weighted by atomic mass is 19.4. The fraction of sp³-hybridized carbons (Fsp3) is 0.190. The van der Waals surface area contributed by atoms with Crippen molar-refractivity contribution < 1.29 is 46.9 Å². The molecule has 0 aliphatic carbocycles. The van der Waals surface area contributed by atoms with Crippen molar-refractivity contribution in [2.45, 2.75) is 19.7 Å². The van der Waals surface area contributed by atoms with E-state index in [0.29, 0.717) is 0 Å². The van der Waals surface area contributed by atoms with E-state index < -0.39 is 54.4 Å². The summed E-state index contributed by atoms with van der Waals surface area (Å²) >= 11 is 0. The van der Waals surface area contributed by atoms with E-state index in [1.807, 2.05) is 0 Å². The maximum absolute atomic E-state index is 14.8. The predicted molar refractivity (Wildman–Crippen MR) is 106 cm³/mol. The van der Waals surface area contributed by atoms with Crippen molar-refractivity contribution in [2.75, 3.05) is 6.54 Å². The number of carbonyl (C=O) groups is 3. The summed E-state index contributed by atoms with van der Waals surface area (Å²) in [6.45, 7) is 0.741. The molecule has 0 fully saturated rings. The number of fused-ring (bicyclic) bond motifs is 1. The van der Waals surface area contributed by atoms with Gasteiger partial charge in [-0.2, -0.15) is 0 Å². The van der Waals surface area contributed by atoms with Crippen molar-refractivity contribution in [2.24, 2.45) is 0 Å². The molecule has 3 N–H and O–H groups in total. The third-order valence-corrected chi connectivity index (χ3v) is 4.73. The highest BCUT2D eigenvalue weighted by Gasteiger charge is 2.31. The van der Waals surface area contributed by atoms with E-state index in [0.717, 1.165) is 34.9 Å². The van der Waals surface area contributed by atoms with Crippen molar-refractivity contribution in [3.63, 3.8) is 0 Å². The molecule has 174 valence electrons. The number of rotatable bonds is 6. The number of phenolic OH excluding ortho intramolecular Hbond substituents is 1. The van der Waals surface area contributed by atoms with Gasteiger partial charge in [0.05, 0.1) is 11.9 Å². The van der Waals surface area contributed by atoms with Crippen LogP contribution in [0.2, 0.25) is 0 Å². The number of halogens is 4. The van der Waals surface area contributed by atoms with E-state index in [1.54, 1.807) is 0 Å². The number of carbonyl (C=O) groups excluding carboxylic acids is 2. The zero-order valence-electron chi connectivity index (χ0n) is 16.9. The molecule has 0 bridgehead atoms. The Balaban J connectivity index is 2.05. The SMILES string of the molecule is Cc1c(CC(=O)NCC(=O)O)c2c(F)c(O)ccc2n1C(=O)c1ccc(OC(F)(F)F)cc1. The van der Waals surface area contributed by atoms with Crippen LogP contribution in [0.15, 0.2) is 36.4 Å². The lowest BCUT2D eigenvalue weighted by molar-refractivity contribution is -0.274. The number of ether oxygens (including phenoxy) is 1. The average Bonchev–Trinajstić information content (AvgIpc) is 3.00. The molecule has 1 aromatic heterocycles. The van der Waals surface area contributed by atoms with Crippen LogP contribution in [0.25, 0.3) is 10.9 Å². The topological polar surface area (TPSA) is 118 Å². The monoisotopic (exact) mass is 468 g/mol. The van der Waals surface area contributed by atoms with Gasteiger partial charge >= 0.3 is 12.3 Å². The molecule has 12 heteroatoms. The minimum Gasteiger partial charge on any atom is -0.505 e. The number of aromatic nitrogens is 1. The number of benzene rings is 2. The van der Waals surface area contributed by atoms with Crippen LogP contribution in [0.4, 0.5) is 17.6 Å². The van der Waals surface area contributed by atoms with Crippen LogP contribution in [0.3, 0.4) is 0 Å². The zero-order chi connectivity index (χ0) is 24.5. The van der Waals surface area contributed by atoms with Crippen molar-refractivity contribution >= 4 is 28.7 Å². The lowest BCUT2D eigenvalue weighted by Crippen LogP contribution is -2.30. The number of amides is 1. The normalized spacial score (nSPS) is 11.4. The number of hydrogen-bond donors (Lipinski definition) is 3. The maximum atomic E-state index is 14.8. The molecule has 0 spiro atoms. The van der Waals surface area contributed by atoms with E-state index in [4.69, 9.17) is 5.11 Å². The Morgan fingerprint density at radius 3 is 2.30 bits per heavy atom. The van der Waals surface area contributed by atoms with Gasteiger partial charge in [-0.05, 0) is 48.9 Å². The first-order chi connectivity index (χ1) is 15.4. The van der Waals surface area contributed by atoms with Gasteiger partial charge in [-0.3, -0.25) is 19.0 Å². The Kier molecular flexibility index (Phi) is 6.29. The molecule has 0 saturated carbocycles. The number of phenols is 1. The zero-order valence-corrected chi connectivity index (χ0v) is 16.9. The summed E-state index contributed by atoms with van der Waals surface area (Å²) in [6, 6.07) is 6.31. The average molecular weight is 468 g/mol. The predicted octanol–water partition coefficient (Wildman–Crippen LogP) is 3.12. The van der Waals surface area contributed by atoms with E-state index >= 15 is 0 Å². The number of nitrogens with zero attached hydrogens (tertiary/aromatic N) is 1. The molecule has 0 atom stereocenters. The Bertz CT molecular complexity index is 1250. The van der Waals surface area contributed by atoms with Crippen molar-refractivity contribution in [1.82, 2.24) is 9.88 Å². The molecule has 1 heterocycles. The van der Waals surface area contributed by atoms with Crippen LogP contribution < -0.4 is 10.1 Å². The highest BCUT2D eigenvalue weighted by molar-refractivity contribution is 6.05. The van der Waals surface area contributed by atoms with Gasteiger partial charge in [-0.25, -0.2) is 4.39 Å². The molecule has 3 rings (SSSR count). The summed E-state index contributed by atoms with van der Waals surface area (Å²) in [5.74, 6) is -5.15. The molecule has 2 aromatic carbocycles. The fourth-order valence-corrected chi connectivity index (χ4v) is 3.33. The van der Waals surface area contributed by atoms with E-state index in [9.17, 15) is 37.1 Å². The number of carboxylic acids is 1. The van der Waals surface area contributed by atoms with Gasteiger partial charge in [-0.15, -0.1) is 13.2 Å². The molecular weight excluding hydrogens is 452 g/mol. The van der Waals surface area contributed by atoms with E-state index in [2.05, 4.69) is 10.1 Å². The standard InChI is InChI=1S/C21H16F4N2O6/c1-10-13(8-16(29)26-9-17(30)31)18-14(6-7-15(28)19(18)22)27(10)20(32)11-2-4-12(5-3-11)33-21(23,24)25/h2-7,28H,8-9H2,1H3,(H,26,29)(H,30,31). The quantitative estimate of drug-likeness (QED) is 0.479. The van der Waals surface area contributed by atoms with Gasteiger partial charge < -0.3 is 20.3 Å². The molecular formula is C21H16F4N2O6. The van der Waals surface area contributed by atoms with Crippen LogP contribution >= 0.6 is 0 Å². The first kappa shape index (κ1) is 23.6. The van der Waals surface area contributed by atoms with Crippen molar-refractivity contribution in [3.8, 4) is 11.5 Å². The summed E-state index contributed by atoms with van der Waals surface area (Å²) in [5, 5.41) is 20.4. The number of alkyl halides is 3. The Morgan fingerprint density at radius 1 is 1.09 bits per heavy atom. The van der Waals surface area contributed by atoms with Crippen LogP contribution in [0.1, 0.15) is 21.6 Å². The summed E-state index contributed by atoms with van der Waals surface area (Å²) in [5.41, 5.74) is 0.108. The van der Waals surface area contributed by atoms with Gasteiger partial charge in [0.15, 0.2) is 11.6 Å². The number of aromatic hydroxyl groups is 1. The lowest BCUT2D eigenvalue weighted by atomic mass is 10.1. The largest absolute Gasteiger partial charge is 0.573 e. The molecule has 8 nitrogen and oxygen atoms in total. The summed E-state index contributed by atoms with van der Waals surface area (Å²) in [6.07, 6.45) is -5.40. The van der Waals surface area contributed by atoms with Crippen LogP contribution in [0, 0.1) is 12.7 Å². The van der Waals surface area contributed by atoms with Gasteiger partial charge in [0, 0.05) is 16.6 Å². The van der Waals surface area contributed by atoms with Crippen LogP contribution in [0.5, 0.6) is 11.5 Å². The first-order valence-corrected chi connectivity index (χ1v) is 9.29. The molecule has 0 saturated heterocycles. The van der Waals surface area contributed by atoms with Gasteiger partial charge in [-0.1, -0.05) is 0 Å². The van der Waals surface area contributed by atoms with Crippen LogP contribution in [-0.4, -0.2) is 45.5 Å². The third kappa shape index (κ3) is 5.05. The maximum Gasteiger partial charge on any atom is 0.573 e. The Labute approximate surface area is 183 Å². The molecule has 3 aromatic rings.